The van der Waals surface area contributed by atoms with Gasteiger partial charge in [-0.3, -0.25) is 4.79 Å². The van der Waals surface area contributed by atoms with E-state index in [1.165, 1.54) is 31.1 Å². The third kappa shape index (κ3) is 2.83. The molecule has 0 radical (unpaired) electrons. The lowest BCUT2D eigenvalue weighted by molar-refractivity contribution is -0.117. The van der Waals surface area contributed by atoms with E-state index in [1.54, 1.807) is 6.07 Å². The van der Waals surface area contributed by atoms with Crippen molar-refractivity contribution >= 4 is 11.8 Å². The first kappa shape index (κ1) is 13.3. The number of methoxy groups -OCH3 is 1. The van der Waals surface area contributed by atoms with Crippen LogP contribution in [0.15, 0.2) is 18.2 Å². The molecule has 5 nitrogen and oxygen atoms in total. The third-order valence-electron chi connectivity index (χ3n) is 2.98. The van der Waals surface area contributed by atoms with Gasteiger partial charge in [0.25, 0.3) is 0 Å². The smallest absolute Gasteiger partial charge is 0.318 e. The first-order valence-corrected chi connectivity index (χ1v) is 5.89. The molecule has 1 fully saturated rings. The van der Waals surface area contributed by atoms with E-state index in [-0.39, 0.29) is 30.2 Å². The topological polar surface area (TPSA) is 58.6 Å². The van der Waals surface area contributed by atoms with E-state index >= 15 is 0 Å². The molecule has 1 aliphatic heterocycles. The molecule has 19 heavy (non-hydrogen) atoms. The molecule has 6 heteroatoms. The van der Waals surface area contributed by atoms with E-state index in [2.05, 4.69) is 5.32 Å². The van der Waals surface area contributed by atoms with Gasteiger partial charge in [-0.15, -0.1) is 0 Å². The number of amides is 2. The van der Waals surface area contributed by atoms with Gasteiger partial charge in [0.05, 0.1) is 19.7 Å². The van der Waals surface area contributed by atoms with Gasteiger partial charge >= 0.3 is 6.03 Å². The maximum atomic E-state index is 13.6. The highest BCUT2D eigenvalue weighted by Gasteiger charge is 2.30. The molecule has 0 spiro atoms. The molecular formula is C13H15FN2O3. The van der Waals surface area contributed by atoms with Crippen LogP contribution in [-0.4, -0.2) is 36.9 Å². The number of Topliss-reactive ketones (excluding diaryl/α,β-unsaturated/α-hetero) is 1. The Hall–Kier alpha value is -2.11. The van der Waals surface area contributed by atoms with Gasteiger partial charge in [-0.1, -0.05) is 6.07 Å². The summed E-state index contributed by atoms with van der Waals surface area (Å²) in [5.41, 5.74) is 0.651. The average Bonchev–Trinajstić information content (AvgIpc) is 2.70. The van der Waals surface area contributed by atoms with E-state index < -0.39 is 5.82 Å². The molecule has 102 valence electrons. The van der Waals surface area contributed by atoms with Crippen molar-refractivity contribution in [3.05, 3.63) is 29.6 Å². The van der Waals surface area contributed by atoms with Gasteiger partial charge in [-0.25, -0.2) is 9.18 Å². The van der Waals surface area contributed by atoms with Crippen LogP contribution in [0.25, 0.3) is 0 Å². The first-order chi connectivity index (χ1) is 9.01. The third-order valence-corrected chi connectivity index (χ3v) is 2.98. The normalized spacial score (nSPS) is 18.4. The largest absolute Gasteiger partial charge is 0.494 e. The average molecular weight is 266 g/mol. The monoisotopic (exact) mass is 266 g/mol. The van der Waals surface area contributed by atoms with Gasteiger partial charge in [-0.05, 0) is 24.6 Å². The number of nitrogens with zero attached hydrogens (tertiary/aromatic N) is 1. The number of urea groups is 1. The minimum Gasteiger partial charge on any atom is -0.494 e. The SMILES string of the molecule is COc1ccc(C2CN(CC(C)=O)C(=O)N2)cc1F. The Balaban J connectivity index is 2.14. The standard InChI is InChI=1S/C13H15FN2O3/c1-8(17)6-16-7-11(15-13(16)18)9-3-4-12(19-2)10(14)5-9/h3-5,11H,6-7H2,1-2H3,(H,15,18). The number of benzene rings is 1. The molecule has 1 N–H and O–H groups in total. The van der Waals surface area contributed by atoms with E-state index in [4.69, 9.17) is 4.74 Å². The fraction of sp³-hybridized carbons (Fsp3) is 0.385. The second kappa shape index (κ2) is 5.26. The van der Waals surface area contributed by atoms with Crippen LogP contribution in [0.1, 0.15) is 18.5 Å². The molecule has 1 saturated heterocycles. The van der Waals surface area contributed by atoms with Gasteiger partial charge in [0, 0.05) is 6.54 Å². The van der Waals surface area contributed by atoms with Gasteiger partial charge < -0.3 is 15.0 Å². The molecule has 0 aliphatic carbocycles. The summed E-state index contributed by atoms with van der Waals surface area (Å²) in [6, 6.07) is 3.93. The Bertz CT molecular complexity index is 519. The predicted molar refractivity (Wildman–Crippen MR) is 66.5 cm³/mol. The Morgan fingerprint density at radius 1 is 1.58 bits per heavy atom. The number of ketones is 1. The van der Waals surface area contributed by atoms with Crippen LogP contribution in [0, 0.1) is 5.82 Å². The second-order valence-electron chi connectivity index (χ2n) is 4.48. The van der Waals surface area contributed by atoms with E-state index in [9.17, 15) is 14.0 Å². The molecule has 2 amide bonds. The van der Waals surface area contributed by atoms with E-state index in [0.717, 1.165) is 0 Å². The number of carbonyl (C=O) groups is 2. The quantitative estimate of drug-likeness (QED) is 0.898. The number of nitrogens with one attached hydrogen (secondary N) is 1. The summed E-state index contributed by atoms with van der Waals surface area (Å²) >= 11 is 0. The molecule has 0 aromatic heterocycles. The van der Waals surface area contributed by atoms with Crippen molar-refractivity contribution in [1.29, 1.82) is 0 Å². The fourth-order valence-corrected chi connectivity index (χ4v) is 2.08. The first-order valence-electron chi connectivity index (χ1n) is 5.89. The second-order valence-corrected chi connectivity index (χ2v) is 4.48. The molecule has 2 rings (SSSR count). The summed E-state index contributed by atoms with van der Waals surface area (Å²) in [5, 5.41) is 2.72. The summed E-state index contributed by atoms with van der Waals surface area (Å²) in [4.78, 5) is 24.1. The highest BCUT2D eigenvalue weighted by molar-refractivity contribution is 5.85. The molecule has 0 saturated carbocycles. The lowest BCUT2D eigenvalue weighted by atomic mass is 10.1. The zero-order valence-electron chi connectivity index (χ0n) is 10.8. The highest BCUT2D eigenvalue weighted by atomic mass is 19.1. The Morgan fingerprint density at radius 3 is 2.89 bits per heavy atom. The van der Waals surface area contributed by atoms with Crippen molar-refractivity contribution in [2.75, 3.05) is 20.2 Å². The minimum atomic E-state index is -0.473. The van der Waals surface area contributed by atoms with Crippen LogP contribution in [-0.2, 0) is 4.79 Å². The molecule has 0 bridgehead atoms. The van der Waals surface area contributed by atoms with E-state index in [1.807, 2.05) is 0 Å². The zero-order chi connectivity index (χ0) is 14.0. The maximum Gasteiger partial charge on any atom is 0.318 e. The van der Waals surface area contributed by atoms with Crippen molar-refractivity contribution in [2.45, 2.75) is 13.0 Å². The van der Waals surface area contributed by atoms with Crippen LogP contribution >= 0.6 is 0 Å². The van der Waals surface area contributed by atoms with Crippen molar-refractivity contribution in [1.82, 2.24) is 10.2 Å². The summed E-state index contributed by atoms with van der Waals surface area (Å²) < 4.78 is 18.4. The Labute approximate surface area is 110 Å². The van der Waals surface area contributed by atoms with Crippen molar-refractivity contribution in [3.8, 4) is 5.75 Å². The summed E-state index contributed by atoms with van der Waals surface area (Å²) in [5.74, 6) is -0.398. The van der Waals surface area contributed by atoms with Gasteiger partial charge in [0.15, 0.2) is 11.6 Å². The van der Waals surface area contributed by atoms with Crippen molar-refractivity contribution in [3.63, 3.8) is 0 Å². The van der Waals surface area contributed by atoms with E-state index in [0.29, 0.717) is 12.1 Å². The minimum absolute atomic E-state index is 0.0704. The molecule has 1 aromatic rings. The number of hydrogen-bond acceptors (Lipinski definition) is 3. The van der Waals surface area contributed by atoms with Gasteiger partial charge in [0.2, 0.25) is 0 Å². The number of ether oxygens (including phenoxy) is 1. The van der Waals surface area contributed by atoms with Crippen LogP contribution in [0.4, 0.5) is 9.18 Å². The summed E-state index contributed by atoms with van der Waals surface area (Å²) in [6.45, 7) is 1.85. The maximum absolute atomic E-state index is 13.6. The van der Waals surface area contributed by atoms with Gasteiger partial charge in [0.1, 0.15) is 5.78 Å². The molecule has 1 aliphatic rings. The lowest BCUT2D eigenvalue weighted by Gasteiger charge is -2.13. The van der Waals surface area contributed by atoms with Crippen molar-refractivity contribution in [2.24, 2.45) is 0 Å². The summed E-state index contributed by atoms with van der Waals surface area (Å²) in [6.07, 6.45) is 0. The number of hydrogen-bond donors (Lipinski definition) is 1. The lowest BCUT2D eigenvalue weighted by Crippen LogP contribution is -2.32. The molecular weight excluding hydrogens is 251 g/mol. The van der Waals surface area contributed by atoms with Gasteiger partial charge in [-0.2, -0.15) is 0 Å². The molecule has 1 unspecified atom stereocenters. The zero-order valence-corrected chi connectivity index (χ0v) is 10.8. The van der Waals surface area contributed by atoms with Crippen LogP contribution in [0.5, 0.6) is 5.75 Å². The fourth-order valence-electron chi connectivity index (χ4n) is 2.08. The number of carbonyl (C=O) groups excluding carboxylic acids is 2. The Kier molecular flexibility index (Phi) is 3.69. The Morgan fingerprint density at radius 2 is 2.32 bits per heavy atom. The molecule has 1 heterocycles. The molecule has 1 aromatic carbocycles. The van der Waals surface area contributed by atoms with Crippen LogP contribution in [0.2, 0.25) is 0 Å². The number of rotatable bonds is 4. The van der Waals surface area contributed by atoms with Crippen molar-refractivity contribution < 1.29 is 18.7 Å². The van der Waals surface area contributed by atoms with Crippen LogP contribution < -0.4 is 10.1 Å². The molecule has 1 atom stereocenters. The highest BCUT2D eigenvalue weighted by Crippen LogP contribution is 2.25. The van der Waals surface area contributed by atoms with Crippen LogP contribution in [0.3, 0.4) is 0 Å². The predicted octanol–water partition coefficient (Wildman–Crippen LogP) is 1.49. The summed E-state index contributed by atoms with van der Waals surface area (Å²) in [7, 11) is 1.39. The number of halogens is 1.